The molecule has 0 bridgehead atoms. The number of hydrogen-bond acceptors (Lipinski definition) is 6. The summed E-state index contributed by atoms with van der Waals surface area (Å²) in [6.07, 6.45) is 0. The Morgan fingerprint density at radius 2 is 0.840 bits per heavy atom. The second-order valence-corrected chi connectivity index (χ2v) is 4.22. The molecule has 11 heteroatoms. The van der Waals surface area contributed by atoms with Crippen LogP contribution in [0, 0.1) is 30.6 Å². The van der Waals surface area contributed by atoms with E-state index in [1.54, 1.807) is 0 Å². The summed E-state index contributed by atoms with van der Waals surface area (Å²) in [5, 5.41) is 29.5. The van der Waals surface area contributed by atoms with Crippen LogP contribution in [0.2, 0.25) is 0 Å². The number of rotatable bonds is 3. The van der Waals surface area contributed by atoms with Gasteiger partial charge in [-0.25, -0.2) is 0 Å². The molecular weight excluding hydrogens is 515 g/mol. The molecule has 0 aliphatic rings. The van der Waals surface area contributed by atoms with E-state index in [0.29, 0.717) is 0 Å². The van der Waals surface area contributed by atoms with Crippen molar-refractivity contribution in [3.8, 4) is 0 Å². The third-order valence-corrected chi connectivity index (χ3v) is 2.65. The molecule has 25 heavy (non-hydrogen) atoms. The van der Waals surface area contributed by atoms with Gasteiger partial charge in [0, 0.05) is 0 Å². The van der Waals surface area contributed by atoms with E-state index >= 15 is 0 Å². The summed E-state index contributed by atoms with van der Waals surface area (Å²) in [6.45, 7) is 0. The van der Waals surface area contributed by atoms with Gasteiger partial charge >= 0.3 is 21.1 Å². The Balaban J connectivity index is 0. The van der Waals surface area contributed by atoms with Crippen LogP contribution in [0.5, 0.6) is 0 Å². The molecule has 0 amide bonds. The van der Waals surface area contributed by atoms with E-state index in [0.717, 1.165) is 11.1 Å². The van der Waals surface area contributed by atoms with Gasteiger partial charge in [-0.3, -0.25) is 0 Å². The van der Waals surface area contributed by atoms with Gasteiger partial charge in [0.2, 0.25) is 0 Å². The van der Waals surface area contributed by atoms with Crippen LogP contribution >= 0.6 is 0 Å². The summed E-state index contributed by atoms with van der Waals surface area (Å²) >= 11 is 0. The summed E-state index contributed by atoms with van der Waals surface area (Å²) in [4.78, 5) is 16.5. The zero-order valence-corrected chi connectivity index (χ0v) is 14.9. The Kier molecular flexibility index (Phi) is 13.7. The second-order valence-electron chi connectivity index (χ2n) is 4.22. The monoisotopic (exact) mass is 529 g/mol. The SMILES string of the molecule is O=[N+]([O-])[O-].O=[N+]([O-])[O-].[NH-]C(c1ccccc1)C([NH-])c1ccccc1.[Pt+4]. The fraction of sp³-hybridized carbons (Fsp3) is 0.143. The van der Waals surface area contributed by atoms with E-state index in [1.165, 1.54) is 0 Å². The van der Waals surface area contributed by atoms with Gasteiger partial charge in [-0.05, 0) is 0 Å². The first-order valence-corrected chi connectivity index (χ1v) is 6.40. The summed E-state index contributed by atoms with van der Waals surface area (Å²) in [6, 6.07) is 18.1. The maximum absolute atomic E-state index is 8.25. The van der Waals surface area contributed by atoms with Gasteiger partial charge in [-0.2, -0.15) is 0 Å². The van der Waals surface area contributed by atoms with Gasteiger partial charge in [0.15, 0.2) is 0 Å². The normalized spacial score (nSPS) is 11.1. The van der Waals surface area contributed by atoms with Crippen LogP contribution < -0.4 is 0 Å². The molecule has 2 aromatic rings. The first-order chi connectivity index (χ1) is 11.3. The smallest absolute Gasteiger partial charge is 0.672 e. The van der Waals surface area contributed by atoms with Crippen molar-refractivity contribution < 1.29 is 31.2 Å². The van der Waals surface area contributed by atoms with Crippen LogP contribution in [0.25, 0.3) is 11.5 Å². The van der Waals surface area contributed by atoms with Crippen molar-refractivity contribution in [2.24, 2.45) is 0 Å². The maximum atomic E-state index is 8.25. The predicted octanol–water partition coefficient (Wildman–Crippen LogP) is 4.09. The Morgan fingerprint density at radius 1 is 0.640 bits per heavy atom. The fourth-order valence-electron chi connectivity index (χ4n) is 1.71. The molecule has 0 saturated carbocycles. The first-order valence-electron chi connectivity index (χ1n) is 6.40. The Morgan fingerprint density at radius 3 is 1.04 bits per heavy atom. The average molecular weight is 529 g/mol. The van der Waals surface area contributed by atoms with E-state index in [4.69, 9.17) is 42.1 Å². The Bertz CT molecular complexity index is 554. The van der Waals surface area contributed by atoms with Crippen molar-refractivity contribution in [3.63, 3.8) is 0 Å². The standard InChI is InChI=1S/C14H14N2.2NO3.Pt/c15-13(11-7-3-1-4-8-11)14(16)12-9-5-2-6-10-12;2*2-1(3)4;/h1-10,13-16H;;;/q-2;2*-1;+4. The van der Waals surface area contributed by atoms with Crippen molar-refractivity contribution in [3.05, 3.63) is 114 Å². The molecule has 0 spiro atoms. The first kappa shape index (κ1) is 24.7. The Labute approximate surface area is 157 Å². The molecule has 10 nitrogen and oxygen atoms in total. The molecule has 2 rings (SSSR count). The molecule has 136 valence electrons. The number of benzene rings is 2. The third-order valence-electron chi connectivity index (χ3n) is 2.65. The largest absolute Gasteiger partial charge is 4.00 e. The van der Waals surface area contributed by atoms with Crippen LogP contribution in [-0.4, -0.2) is 10.2 Å². The second kappa shape index (κ2) is 13.8. The molecule has 2 N–H and O–H groups in total. The summed E-state index contributed by atoms with van der Waals surface area (Å²) < 4.78 is 0. The molecule has 2 aromatic carbocycles. The van der Waals surface area contributed by atoms with Crippen LogP contribution in [-0.2, 0) is 21.1 Å². The van der Waals surface area contributed by atoms with E-state index in [1.807, 2.05) is 60.7 Å². The van der Waals surface area contributed by atoms with Crippen LogP contribution in [0.4, 0.5) is 0 Å². The van der Waals surface area contributed by atoms with Crippen LogP contribution in [0.15, 0.2) is 60.7 Å². The van der Waals surface area contributed by atoms with Gasteiger partial charge in [-0.15, -0.1) is 12.1 Å². The van der Waals surface area contributed by atoms with Crippen molar-refractivity contribution in [1.82, 2.24) is 0 Å². The van der Waals surface area contributed by atoms with Crippen molar-refractivity contribution in [1.29, 1.82) is 0 Å². The molecule has 2 unspecified atom stereocenters. The molecular formula is C14H14N4O6Pt. The summed E-state index contributed by atoms with van der Waals surface area (Å²) in [5.41, 5.74) is 17.9. The molecule has 2 atom stereocenters. The van der Waals surface area contributed by atoms with Crippen molar-refractivity contribution >= 4 is 0 Å². The van der Waals surface area contributed by atoms with Crippen molar-refractivity contribution in [2.45, 2.75) is 12.1 Å². The minimum atomic E-state index is -1.75. The minimum absolute atomic E-state index is 0. The van der Waals surface area contributed by atoms with Crippen molar-refractivity contribution in [2.75, 3.05) is 0 Å². The molecule has 0 aliphatic carbocycles. The van der Waals surface area contributed by atoms with Gasteiger partial charge in [0.25, 0.3) is 0 Å². The maximum Gasteiger partial charge on any atom is 4.00 e. The van der Waals surface area contributed by atoms with Crippen LogP contribution in [0.1, 0.15) is 23.2 Å². The van der Waals surface area contributed by atoms with E-state index in [2.05, 4.69) is 0 Å². The quantitative estimate of drug-likeness (QED) is 0.426. The van der Waals surface area contributed by atoms with Gasteiger partial charge in [-0.1, -0.05) is 71.8 Å². The molecule has 0 fully saturated rings. The molecule has 0 saturated heterocycles. The third kappa shape index (κ3) is 12.5. The number of nitrogens with one attached hydrogen (secondary N) is 2. The fourth-order valence-corrected chi connectivity index (χ4v) is 1.71. The zero-order valence-electron chi connectivity index (χ0n) is 12.6. The molecule has 0 heterocycles. The van der Waals surface area contributed by atoms with Gasteiger partial charge < -0.3 is 42.1 Å². The number of hydrogen-bond donors (Lipinski definition) is 0. The number of nitrogens with zero attached hydrogens (tertiary/aromatic N) is 2. The molecule has 0 aliphatic heterocycles. The van der Waals surface area contributed by atoms with E-state index in [-0.39, 0.29) is 21.1 Å². The molecule has 0 aromatic heterocycles. The van der Waals surface area contributed by atoms with Gasteiger partial charge in [0.1, 0.15) is 0 Å². The average Bonchev–Trinajstić information content (AvgIpc) is 2.54. The molecule has 0 radical (unpaired) electrons. The van der Waals surface area contributed by atoms with Crippen LogP contribution in [0.3, 0.4) is 0 Å². The Hall–Kier alpha value is -2.55. The minimum Gasteiger partial charge on any atom is -0.672 e. The zero-order chi connectivity index (χ0) is 18.5. The topological polar surface area (TPSA) is 180 Å². The van der Waals surface area contributed by atoms with E-state index in [9.17, 15) is 0 Å². The summed E-state index contributed by atoms with van der Waals surface area (Å²) in [5.74, 6) is 0. The predicted molar refractivity (Wildman–Crippen MR) is 87.7 cm³/mol. The van der Waals surface area contributed by atoms with Gasteiger partial charge in [0.05, 0.1) is 10.2 Å². The summed E-state index contributed by atoms with van der Waals surface area (Å²) in [7, 11) is 0. The van der Waals surface area contributed by atoms with E-state index < -0.39 is 22.3 Å².